The van der Waals surface area contributed by atoms with E-state index in [-0.39, 0.29) is 6.04 Å². The van der Waals surface area contributed by atoms with E-state index in [0.29, 0.717) is 0 Å². The molecular formula is C12H11N3. The molecule has 0 fully saturated rings. The molecule has 3 nitrogen and oxygen atoms in total. The van der Waals surface area contributed by atoms with Crippen molar-refractivity contribution >= 4 is 5.69 Å². The van der Waals surface area contributed by atoms with Gasteiger partial charge in [-0.2, -0.15) is 0 Å². The molecule has 1 aliphatic heterocycles. The summed E-state index contributed by atoms with van der Waals surface area (Å²) >= 11 is 0. The summed E-state index contributed by atoms with van der Waals surface area (Å²) < 4.78 is 0. The number of hydrogen-bond acceptors (Lipinski definition) is 3. The molecule has 0 bridgehead atoms. The van der Waals surface area contributed by atoms with Crippen LogP contribution < -0.4 is 5.32 Å². The van der Waals surface area contributed by atoms with Crippen LogP contribution in [0, 0.1) is 0 Å². The predicted octanol–water partition coefficient (Wildman–Crippen LogP) is 2.19. The minimum absolute atomic E-state index is 0.274. The largest absolute Gasteiger partial charge is 0.376 e. The van der Waals surface area contributed by atoms with Crippen molar-refractivity contribution < 1.29 is 0 Å². The zero-order valence-corrected chi connectivity index (χ0v) is 8.22. The first kappa shape index (κ1) is 8.41. The second-order valence-electron chi connectivity index (χ2n) is 3.69. The number of aromatic nitrogens is 2. The molecule has 1 N–H and O–H groups in total. The first-order chi connectivity index (χ1) is 7.43. The number of benzene rings is 1. The molecule has 1 atom stereocenters. The molecule has 1 aromatic carbocycles. The van der Waals surface area contributed by atoms with Gasteiger partial charge < -0.3 is 5.32 Å². The minimum atomic E-state index is 0.274. The summed E-state index contributed by atoms with van der Waals surface area (Å²) in [4.78, 5) is 8.41. The number of hydrogen-bond donors (Lipinski definition) is 1. The Kier molecular flexibility index (Phi) is 1.88. The Morgan fingerprint density at radius 1 is 1.20 bits per heavy atom. The van der Waals surface area contributed by atoms with Crippen molar-refractivity contribution in [3.8, 4) is 0 Å². The number of rotatable bonds is 1. The number of para-hydroxylation sites is 1. The molecule has 1 aromatic heterocycles. The van der Waals surface area contributed by atoms with Crippen molar-refractivity contribution in [2.75, 3.05) is 5.32 Å². The lowest BCUT2D eigenvalue weighted by Gasteiger charge is -2.08. The first-order valence-corrected chi connectivity index (χ1v) is 5.04. The maximum absolute atomic E-state index is 4.32. The van der Waals surface area contributed by atoms with Crippen LogP contribution in [0.3, 0.4) is 0 Å². The van der Waals surface area contributed by atoms with Crippen LogP contribution in [0.5, 0.6) is 0 Å². The molecule has 0 radical (unpaired) electrons. The molecule has 3 rings (SSSR count). The van der Waals surface area contributed by atoms with E-state index in [0.717, 1.165) is 12.1 Å². The Hall–Kier alpha value is -1.90. The van der Waals surface area contributed by atoms with Crippen molar-refractivity contribution in [2.24, 2.45) is 0 Å². The average Bonchev–Trinajstić information content (AvgIpc) is 2.74. The van der Waals surface area contributed by atoms with Gasteiger partial charge in [-0.25, -0.2) is 0 Å². The summed E-state index contributed by atoms with van der Waals surface area (Å²) in [5, 5.41) is 3.45. The van der Waals surface area contributed by atoms with Gasteiger partial charge in [-0.1, -0.05) is 18.2 Å². The van der Waals surface area contributed by atoms with Crippen molar-refractivity contribution in [1.82, 2.24) is 9.97 Å². The van der Waals surface area contributed by atoms with E-state index in [1.54, 1.807) is 12.4 Å². The second kappa shape index (κ2) is 3.35. The van der Waals surface area contributed by atoms with Gasteiger partial charge in [0.1, 0.15) is 0 Å². The van der Waals surface area contributed by atoms with E-state index in [1.807, 2.05) is 12.3 Å². The van der Waals surface area contributed by atoms with Crippen LogP contribution in [-0.2, 0) is 6.42 Å². The Labute approximate surface area is 88.2 Å². The molecule has 2 aromatic rings. The van der Waals surface area contributed by atoms with Gasteiger partial charge in [0.25, 0.3) is 0 Å². The van der Waals surface area contributed by atoms with Crippen LogP contribution >= 0.6 is 0 Å². The van der Waals surface area contributed by atoms with Gasteiger partial charge in [0.15, 0.2) is 0 Å². The van der Waals surface area contributed by atoms with Gasteiger partial charge in [-0.05, 0) is 11.6 Å². The van der Waals surface area contributed by atoms with Gasteiger partial charge in [-0.15, -0.1) is 0 Å². The Balaban J connectivity index is 1.91. The number of nitrogens with zero attached hydrogens (tertiary/aromatic N) is 2. The van der Waals surface area contributed by atoms with Crippen molar-refractivity contribution in [3.63, 3.8) is 0 Å². The van der Waals surface area contributed by atoms with E-state index in [9.17, 15) is 0 Å². The zero-order valence-electron chi connectivity index (χ0n) is 8.22. The SMILES string of the molecule is c1ccc2c(c1)CC(c1cnccn1)N2. The molecule has 2 heterocycles. The maximum Gasteiger partial charge on any atom is 0.0812 e. The lowest BCUT2D eigenvalue weighted by molar-refractivity contribution is 0.780. The summed E-state index contributed by atoms with van der Waals surface area (Å²) in [5.41, 5.74) is 3.58. The van der Waals surface area contributed by atoms with Crippen LogP contribution in [-0.4, -0.2) is 9.97 Å². The Morgan fingerprint density at radius 2 is 2.13 bits per heavy atom. The molecule has 15 heavy (non-hydrogen) atoms. The van der Waals surface area contributed by atoms with Gasteiger partial charge in [0.2, 0.25) is 0 Å². The van der Waals surface area contributed by atoms with E-state index in [4.69, 9.17) is 0 Å². The fraction of sp³-hybridized carbons (Fsp3) is 0.167. The molecular weight excluding hydrogens is 186 g/mol. The van der Waals surface area contributed by atoms with Crippen molar-refractivity contribution in [2.45, 2.75) is 12.5 Å². The van der Waals surface area contributed by atoms with E-state index in [1.165, 1.54) is 11.3 Å². The molecule has 0 amide bonds. The lowest BCUT2D eigenvalue weighted by Crippen LogP contribution is -2.07. The Bertz CT molecular complexity index is 442. The van der Waals surface area contributed by atoms with Crippen molar-refractivity contribution in [3.05, 3.63) is 54.1 Å². The van der Waals surface area contributed by atoms with Crippen LogP contribution in [0.1, 0.15) is 17.3 Å². The predicted molar refractivity (Wildman–Crippen MR) is 58.5 cm³/mol. The van der Waals surface area contributed by atoms with Crippen molar-refractivity contribution in [1.29, 1.82) is 0 Å². The number of anilines is 1. The monoisotopic (exact) mass is 197 g/mol. The minimum Gasteiger partial charge on any atom is -0.376 e. The normalized spacial score (nSPS) is 18.3. The first-order valence-electron chi connectivity index (χ1n) is 5.04. The highest BCUT2D eigenvalue weighted by Gasteiger charge is 2.22. The zero-order chi connectivity index (χ0) is 10.1. The third-order valence-corrected chi connectivity index (χ3v) is 2.71. The highest BCUT2D eigenvalue weighted by Crippen LogP contribution is 2.32. The van der Waals surface area contributed by atoms with Crippen LogP contribution in [0.4, 0.5) is 5.69 Å². The molecule has 0 saturated heterocycles. The molecule has 1 aliphatic rings. The number of fused-ring (bicyclic) bond motifs is 1. The third kappa shape index (κ3) is 1.46. The molecule has 0 saturated carbocycles. The Morgan fingerprint density at radius 3 is 2.93 bits per heavy atom. The van der Waals surface area contributed by atoms with Gasteiger partial charge in [0.05, 0.1) is 17.9 Å². The quantitative estimate of drug-likeness (QED) is 0.761. The standard InChI is InChI=1S/C12H11N3/c1-2-4-10-9(3-1)7-11(15-10)12-8-13-5-6-14-12/h1-6,8,11,15H,7H2. The molecule has 1 unspecified atom stereocenters. The molecule has 0 spiro atoms. The van der Waals surface area contributed by atoms with Crippen LogP contribution in [0.25, 0.3) is 0 Å². The highest BCUT2D eigenvalue weighted by molar-refractivity contribution is 5.57. The van der Waals surface area contributed by atoms with Gasteiger partial charge in [-0.3, -0.25) is 9.97 Å². The third-order valence-electron chi connectivity index (χ3n) is 2.71. The highest BCUT2D eigenvalue weighted by atomic mass is 15.0. The maximum atomic E-state index is 4.32. The lowest BCUT2D eigenvalue weighted by atomic mass is 10.1. The van der Waals surface area contributed by atoms with E-state index in [2.05, 4.69) is 33.5 Å². The van der Waals surface area contributed by atoms with Gasteiger partial charge in [0, 0.05) is 24.5 Å². The topological polar surface area (TPSA) is 37.8 Å². The summed E-state index contributed by atoms with van der Waals surface area (Å²) in [6.07, 6.45) is 6.25. The smallest absolute Gasteiger partial charge is 0.0812 e. The summed E-state index contributed by atoms with van der Waals surface area (Å²) in [7, 11) is 0. The molecule has 0 aliphatic carbocycles. The second-order valence-corrected chi connectivity index (χ2v) is 3.69. The fourth-order valence-corrected chi connectivity index (χ4v) is 1.97. The number of nitrogens with one attached hydrogen (secondary N) is 1. The van der Waals surface area contributed by atoms with Crippen LogP contribution in [0.15, 0.2) is 42.9 Å². The van der Waals surface area contributed by atoms with E-state index >= 15 is 0 Å². The molecule has 3 heteroatoms. The fourth-order valence-electron chi connectivity index (χ4n) is 1.97. The van der Waals surface area contributed by atoms with Gasteiger partial charge >= 0.3 is 0 Å². The molecule has 74 valence electrons. The summed E-state index contributed by atoms with van der Waals surface area (Å²) in [5.74, 6) is 0. The van der Waals surface area contributed by atoms with Crippen LogP contribution in [0.2, 0.25) is 0 Å². The van der Waals surface area contributed by atoms with E-state index < -0.39 is 0 Å². The summed E-state index contributed by atoms with van der Waals surface area (Å²) in [6, 6.07) is 8.64. The average molecular weight is 197 g/mol. The summed E-state index contributed by atoms with van der Waals surface area (Å²) in [6.45, 7) is 0.